The van der Waals surface area contributed by atoms with Crippen molar-refractivity contribution >= 4 is 0 Å². The number of hydrogen-bond donors (Lipinski definition) is 1. The van der Waals surface area contributed by atoms with Gasteiger partial charge in [0.25, 0.3) is 0 Å². The van der Waals surface area contributed by atoms with Crippen LogP contribution in [0.1, 0.15) is 29.5 Å². The molecule has 3 heteroatoms. The third-order valence-electron chi connectivity index (χ3n) is 4.12. The van der Waals surface area contributed by atoms with Crippen molar-refractivity contribution in [2.24, 2.45) is 5.92 Å². The fourth-order valence-corrected chi connectivity index (χ4v) is 3.03. The average Bonchev–Trinajstić information content (AvgIpc) is 3.26. The molecule has 1 N–H and O–H groups in total. The van der Waals surface area contributed by atoms with Gasteiger partial charge in [-0.1, -0.05) is 42.5 Å². The molecule has 104 valence electrons. The van der Waals surface area contributed by atoms with Gasteiger partial charge in [0, 0.05) is 11.6 Å². The molecule has 0 aliphatic heterocycles. The summed E-state index contributed by atoms with van der Waals surface area (Å²) in [5.41, 5.74) is 1.70. The monoisotopic (exact) mass is 273 g/mol. The molecule has 0 amide bonds. The van der Waals surface area contributed by atoms with Crippen molar-refractivity contribution in [1.29, 1.82) is 0 Å². The summed E-state index contributed by atoms with van der Waals surface area (Å²) in [6, 6.07) is 14.5. The van der Waals surface area contributed by atoms with Crippen LogP contribution in [-0.2, 0) is 0 Å². The zero-order chi connectivity index (χ0) is 14.1. The minimum Gasteiger partial charge on any atom is -0.313 e. The van der Waals surface area contributed by atoms with Gasteiger partial charge in [0.1, 0.15) is 0 Å². The molecule has 0 bridgehead atoms. The summed E-state index contributed by atoms with van der Waals surface area (Å²) >= 11 is 0. The molecule has 2 aromatic rings. The molecule has 0 saturated heterocycles. The Morgan fingerprint density at radius 3 is 2.50 bits per heavy atom. The molecule has 0 radical (unpaired) electrons. The van der Waals surface area contributed by atoms with Crippen LogP contribution in [0.2, 0.25) is 0 Å². The summed E-state index contributed by atoms with van der Waals surface area (Å²) in [4.78, 5) is 0. The van der Waals surface area contributed by atoms with Crippen LogP contribution >= 0.6 is 0 Å². The first-order chi connectivity index (χ1) is 9.72. The Labute approximate surface area is 117 Å². The van der Waals surface area contributed by atoms with Crippen LogP contribution in [-0.4, -0.2) is 7.05 Å². The fourth-order valence-electron chi connectivity index (χ4n) is 3.03. The highest BCUT2D eigenvalue weighted by Gasteiger charge is 2.44. The van der Waals surface area contributed by atoms with E-state index in [-0.39, 0.29) is 6.04 Å². The van der Waals surface area contributed by atoms with E-state index in [1.165, 1.54) is 5.56 Å². The van der Waals surface area contributed by atoms with E-state index in [0.717, 1.165) is 12.5 Å². The molecule has 1 aliphatic carbocycles. The Balaban J connectivity index is 1.84. The lowest BCUT2D eigenvalue weighted by atomic mass is 9.98. The van der Waals surface area contributed by atoms with Crippen molar-refractivity contribution in [3.05, 3.63) is 71.3 Å². The van der Waals surface area contributed by atoms with Crippen molar-refractivity contribution in [3.63, 3.8) is 0 Å². The van der Waals surface area contributed by atoms with Gasteiger partial charge >= 0.3 is 0 Å². The van der Waals surface area contributed by atoms with Gasteiger partial charge in [0.15, 0.2) is 11.6 Å². The van der Waals surface area contributed by atoms with Crippen molar-refractivity contribution < 1.29 is 8.78 Å². The van der Waals surface area contributed by atoms with Crippen LogP contribution in [0.25, 0.3) is 0 Å². The van der Waals surface area contributed by atoms with Gasteiger partial charge in [-0.15, -0.1) is 0 Å². The van der Waals surface area contributed by atoms with Crippen LogP contribution in [0, 0.1) is 17.6 Å². The summed E-state index contributed by atoms with van der Waals surface area (Å²) in [6.07, 6.45) is 1.01. The summed E-state index contributed by atoms with van der Waals surface area (Å²) in [7, 11) is 1.80. The van der Waals surface area contributed by atoms with E-state index in [1.807, 2.05) is 18.2 Å². The third kappa shape index (κ3) is 2.34. The molecular formula is C17H17F2N. The zero-order valence-corrected chi connectivity index (χ0v) is 11.3. The van der Waals surface area contributed by atoms with Gasteiger partial charge in [0.2, 0.25) is 0 Å². The second-order valence-corrected chi connectivity index (χ2v) is 5.33. The molecule has 1 fully saturated rings. The molecule has 0 spiro atoms. The maximum absolute atomic E-state index is 13.9. The van der Waals surface area contributed by atoms with Gasteiger partial charge in [-0.2, -0.15) is 0 Å². The van der Waals surface area contributed by atoms with Crippen molar-refractivity contribution in [1.82, 2.24) is 5.32 Å². The summed E-state index contributed by atoms with van der Waals surface area (Å²) in [5, 5.41) is 3.14. The van der Waals surface area contributed by atoms with E-state index in [0.29, 0.717) is 17.4 Å². The molecule has 3 rings (SSSR count). The lowest BCUT2D eigenvalue weighted by molar-refractivity contribution is 0.451. The molecule has 1 aliphatic rings. The quantitative estimate of drug-likeness (QED) is 0.887. The molecule has 1 nitrogen and oxygen atoms in total. The van der Waals surface area contributed by atoms with Gasteiger partial charge in [-0.25, -0.2) is 8.78 Å². The Kier molecular flexibility index (Phi) is 3.53. The summed E-state index contributed by atoms with van der Waals surface area (Å²) < 4.78 is 27.3. The topological polar surface area (TPSA) is 12.0 Å². The number of halogens is 2. The lowest BCUT2D eigenvalue weighted by Gasteiger charge is -2.18. The zero-order valence-electron chi connectivity index (χ0n) is 11.3. The SMILES string of the molecule is CNC(c1cccc(F)c1F)C1CC1c1ccccc1. The van der Waals surface area contributed by atoms with Gasteiger partial charge in [-0.05, 0) is 36.9 Å². The first kappa shape index (κ1) is 13.3. The predicted molar refractivity (Wildman–Crippen MR) is 75.4 cm³/mol. The van der Waals surface area contributed by atoms with Crippen LogP contribution in [0.15, 0.2) is 48.5 Å². The van der Waals surface area contributed by atoms with E-state index in [9.17, 15) is 8.78 Å². The van der Waals surface area contributed by atoms with Gasteiger partial charge < -0.3 is 5.32 Å². The fraction of sp³-hybridized carbons (Fsp3) is 0.294. The molecular weight excluding hydrogens is 256 g/mol. The molecule has 0 heterocycles. The molecule has 0 aromatic heterocycles. The first-order valence-electron chi connectivity index (χ1n) is 6.88. The van der Waals surface area contributed by atoms with E-state index in [4.69, 9.17) is 0 Å². The van der Waals surface area contributed by atoms with Crippen molar-refractivity contribution in [2.45, 2.75) is 18.4 Å². The van der Waals surface area contributed by atoms with Crippen LogP contribution in [0.3, 0.4) is 0 Å². The van der Waals surface area contributed by atoms with E-state index in [2.05, 4.69) is 17.4 Å². The minimum absolute atomic E-state index is 0.143. The Hall–Kier alpha value is -1.74. The number of hydrogen-bond acceptors (Lipinski definition) is 1. The van der Waals surface area contributed by atoms with Crippen LogP contribution in [0.5, 0.6) is 0 Å². The average molecular weight is 273 g/mol. The Bertz CT molecular complexity index is 597. The molecule has 2 aromatic carbocycles. The third-order valence-corrected chi connectivity index (χ3v) is 4.12. The van der Waals surface area contributed by atoms with Gasteiger partial charge in [-0.3, -0.25) is 0 Å². The van der Waals surface area contributed by atoms with E-state index in [1.54, 1.807) is 19.2 Å². The lowest BCUT2D eigenvalue weighted by Crippen LogP contribution is -2.20. The van der Waals surface area contributed by atoms with Crippen LogP contribution in [0.4, 0.5) is 8.78 Å². The Morgan fingerprint density at radius 2 is 1.80 bits per heavy atom. The normalized spacial score (nSPS) is 22.6. The Morgan fingerprint density at radius 1 is 1.05 bits per heavy atom. The summed E-state index contributed by atoms with van der Waals surface area (Å²) in [6.45, 7) is 0. The summed E-state index contributed by atoms with van der Waals surface area (Å²) in [5.74, 6) is -0.764. The molecule has 1 saturated carbocycles. The number of nitrogens with one attached hydrogen (secondary N) is 1. The largest absolute Gasteiger partial charge is 0.313 e. The second kappa shape index (κ2) is 5.33. The van der Waals surface area contributed by atoms with Gasteiger partial charge in [0.05, 0.1) is 0 Å². The number of rotatable bonds is 4. The molecule has 20 heavy (non-hydrogen) atoms. The smallest absolute Gasteiger partial charge is 0.163 e. The molecule has 3 unspecified atom stereocenters. The second-order valence-electron chi connectivity index (χ2n) is 5.33. The molecule has 3 atom stereocenters. The van der Waals surface area contributed by atoms with Crippen LogP contribution < -0.4 is 5.32 Å². The highest BCUT2D eigenvalue weighted by atomic mass is 19.2. The maximum atomic E-state index is 13.9. The predicted octanol–water partition coefficient (Wildman–Crippen LogP) is 4.03. The van der Waals surface area contributed by atoms with Crippen molar-refractivity contribution in [2.75, 3.05) is 7.05 Å². The highest BCUT2D eigenvalue weighted by molar-refractivity contribution is 5.31. The van der Waals surface area contributed by atoms with Crippen molar-refractivity contribution in [3.8, 4) is 0 Å². The maximum Gasteiger partial charge on any atom is 0.163 e. The minimum atomic E-state index is -0.778. The van der Waals surface area contributed by atoms with E-state index < -0.39 is 11.6 Å². The standard InChI is InChI=1S/C17H17F2N/c1-20-17(12-8-5-9-15(18)16(12)19)14-10-13(14)11-6-3-2-4-7-11/h2-9,13-14,17,20H,10H2,1H3. The first-order valence-corrected chi connectivity index (χ1v) is 6.88. The highest BCUT2D eigenvalue weighted by Crippen LogP contribution is 2.54. The number of benzene rings is 2. The van der Waals surface area contributed by atoms with E-state index >= 15 is 0 Å².